The smallest absolute Gasteiger partial charge is 0.0546 e. The van der Waals surface area contributed by atoms with E-state index in [1.54, 1.807) is 0 Å². The Morgan fingerprint density at radius 2 is 2.19 bits per heavy atom. The van der Waals surface area contributed by atoms with Gasteiger partial charge in [0.25, 0.3) is 0 Å². The molecule has 1 aliphatic carbocycles. The highest BCUT2D eigenvalue weighted by atomic mass is 79.9. The first kappa shape index (κ1) is 17.2. The molecule has 21 heavy (non-hydrogen) atoms. The number of hydrogen-bond acceptors (Lipinski definition) is 3. The van der Waals surface area contributed by atoms with Crippen LogP contribution in [0.4, 0.5) is 0 Å². The second-order valence-electron chi connectivity index (χ2n) is 6.05. The van der Waals surface area contributed by atoms with E-state index >= 15 is 0 Å². The van der Waals surface area contributed by atoms with Gasteiger partial charge in [-0.2, -0.15) is 0 Å². The monoisotopic (exact) mass is 374 g/mol. The maximum Gasteiger partial charge on any atom is 0.0546 e. The van der Waals surface area contributed by atoms with Gasteiger partial charge in [0.15, 0.2) is 0 Å². The number of nitrogens with one attached hydrogen (secondary N) is 1. The van der Waals surface area contributed by atoms with Crippen molar-refractivity contribution in [1.29, 1.82) is 0 Å². The standard InChI is InChI=1S/C16H24BrClN2O/c1-19-16(14-4-3-12(17)9-15(14)18)5-6-20(2)10-11-7-13(21)8-11/h3-4,9,11,13,16,19,21H,5-8,10H2,1-2H3. The minimum atomic E-state index is -0.0602. The Bertz CT molecular complexity index is 466. The molecule has 0 aromatic heterocycles. The van der Waals surface area contributed by atoms with Gasteiger partial charge in [0.2, 0.25) is 0 Å². The Hall–Kier alpha value is -0.130. The van der Waals surface area contributed by atoms with Crippen LogP contribution in [0.25, 0.3) is 0 Å². The van der Waals surface area contributed by atoms with Crippen LogP contribution < -0.4 is 5.32 Å². The van der Waals surface area contributed by atoms with E-state index in [-0.39, 0.29) is 12.1 Å². The molecule has 0 radical (unpaired) electrons. The predicted molar refractivity (Wildman–Crippen MR) is 91.8 cm³/mol. The second-order valence-corrected chi connectivity index (χ2v) is 7.37. The van der Waals surface area contributed by atoms with Crippen molar-refractivity contribution in [2.75, 3.05) is 27.2 Å². The molecule has 2 N–H and O–H groups in total. The zero-order chi connectivity index (χ0) is 15.4. The van der Waals surface area contributed by atoms with Gasteiger partial charge in [-0.3, -0.25) is 0 Å². The fraction of sp³-hybridized carbons (Fsp3) is 0.625. The van der Waals surface area contributed by atoms with Gasteiger partial charge in [-0.15, -0.1) is 0 Å². The van der Waals surface area contributed by atoms with Crippen LogP contribution in [0.1, 0.15) is 30.9 Å². The lowest BCUT2D eigenvalue weighted by Gasteiger charge is -2.34. The molecular formula is C16H24BrClN2O. The van der Waals surface area contributed by atoms with Gasteiger partial charge < -0.3 is 15.3 Å². The topological polar surface area (TPSA) is 35.5 Å². The van der Waals surface area contributed by atoms with Crippen molar-refractivity contribution in [3.05, 3.63) is 33.3 Å². The summed E-state index contributed by atoms with van der Waals surface area (Å²) in [7, 11) is 4.13. The molecule has 1 unspecified atom stereocenters. The highest BCUT2D eigenvalue weighted by molar-refractivity contribution is 9.10. The van der Waals surface area contributed by atoms with Gasteiger partial charge >= 0.3 is 0 Å². The van der Waals surface area contributed by atoms with Crippen molar-refractivity contribution < 1.29 is 5.11 Å². The Morgan fingerprint density at radius 3 is 2.76 bits per heavy atom. The number of benzene rings is 1. The predicted octanol–water partition coefficient (Wildman–Crippen LogP) is 3.46. The van der Waals surface area contributed by atoms with Crippen LogP contribution in [0.2, 0.25) is 5.02 Å². The maximum atomic E-state index is 9.34. The average Bonchev–Trinajstić information content (AvgIpc) is 2.39. The lowest BCUT2D eigenvalue weighted by molar-refractivity contribution is 0.0279. The molecule has 0 amide bonds. The number of halogens is 2. The molecule has 1 saturated carbocycles. The largest absolute Gasteiger partial charge is 0.393 e. The van der Waals surface area contributed by atoms with E-state index in [0.29, 0.717) is 5.92 Å². The molecule has 1 aliphatic rings. The van der Waals surface area contributed by atoms with E-state index in [9.17, 15) is 5.11 Å². The molecule has 0 bridgehead atoms. The van der Waals surface area contributed by atoms with Crippen LogP contribution in [0.3, 0.4) is 0 Å². The normalized spacial score (nSPS) is 23.1. The van der Waals surface area contributed by atoms with Crippen LogP contribution in [0.15, 0.2) is 22.7 Å². The van der Waals surface area contributed by atoms with E-state index < -0.39 is 0 Å². The molecule has 118 valence electrons. The van der Waals surface area contributed by atoms with E-state index in [1.807, 2.05) is 19.2 Å². The quantitative estimate of drug-likeness (QED) is 0.766. The zero-order valence-electron chi connectivity index (χ0n) is 12.6. The minimum Gasteiger partial charge on any atom is -0.393 e. The summed E-state index contributed by atoms with van der Waals surface area (Å²) in [4.78, 5) is 2.35. The molecule has 0 heterocycles. The van der Waals surface area contributed by atoms with Crippen molar-refractivity contribution in [2.45, 2.75) is 31.4 Å². The van der Waals surface area contributed by atoms with E-state index in [4.69, 9.17) is 11.6 Å². The second kappa shape index (κ2) is 7.93. The SMILES string of the molecule is CNC(CCN(C)CC1CC(O)C1)c1ccc(Br)cc1Cl. The van der Waals surface area contributed by atoms with Gasteiger partial charge in [-0.05, 0) is 63.5 Å². The third-order valence-electron chi connectivity index (χ3n) is 4.27. The first-order valence-electron chi connectivity index (χ1n) is 7.48. The van der Waals surface area contributed by atoms with Crippen molar-refractivity contribution in [3.63, 3.8) is 0 Å². The summed E-state index contributed by atoms with van der Waals surface area (Å²) in [6.07, 6.45) is 2.87. The highest BCUT2D eigenvalue weighted by Crippen LogP contribution is 2.29. The molecule has 5 heteroatoms. The summed E-state index contributed by atoms with van der Waals surface area (Å²) in [6, 6.07) is 6.32. The molecule has 1 aromatic carbocycles. The first-order chi connectivity index (χ1) is 9.99. The highest BCUT2D eigenvalue weighted by Gasteiger charge is 2.27. The lowest BCUT2D eigenvalue weighted by atomic mass is 9.82. The van der Waals surface area contributed by atoms with Gasteiger partial charge in [0.1, 0.15) is 0 Å². The Morgan fingerprint density at radius 1 is 1.48 bits per heavy atom. The summed E-state index contributed by atoms with van der Waals surface area (Å²) in [5.74, 6) is 0.661. The molecule has 1 fully saturated rings. The molecule has 0 aliphatic heterocycles. The number of aliphatic hydroxyl groups is 1. The number of hydrogen-bond donors (Lipinski definition) is 2. The molecule has 0 saturated heterocycles. The molecule has 1 atom stereocenters. The molecule has 0 spiro atoms. The van der Waals surface area contributed by atoms with Crippen LogP contribution in [-0.4, -0.2) is 43.3 Å². The van der Waals surface area contributed by atoms with Crippen molar-refractivity contribution in [3.8, 4) is 0 Å². The van der Waals surface area contributed by atoms with Crippen LogP contribution >= 0.6 is 27.5 Å². The number of aliphatic hydroxyl groups excluding tert-OH is 1. The van der Waals surface area contributed by atoms with E-state index in [0.717, 1.165) is 47.4 Å². The van der Waals surface area contributed by atoms with Crippen LogP contribution in [0.5, 0.6) is 0 Å². The van der Waals surface area contributed by atoms with Crippen molar-refractivity contribution in [1.82, 2.24) is 10.2 Å². The maximum absolute atomic E-state index is 9.34. The number of nitrogens with zero attached hydrogens (tertiary/aromatic N) is 1. The Kier molecular flexibility index (Phi) is 6.51. The Labute approximate surface area is 140 Å². The minimum absolute atomic E-state index is 0.0602. The van der Waals surface area contributed by atoms with E-state index in [1.165, 1.54) is 0 Å². The summed E-state index contributed by atoms with van der Waals surface area (Å²) in [5, 5.41) is 13.5. The molecule has 2 rings (SSSR count). The van der Waals surface area contributed by atoms with Crippen LogP contribution in [0, 0.1) is 5.92 Å². The lowest BCUT2D eigenvalue weighted by Crippen LogP contribution is -2.38. The summed E-state index contributed by atoms with van der Waals surface area (Å²) >= 11 is 9.78. The van der Waals surface area contributed by atoms with Gasteiger partial charge in [-0.1, -0.05) is 33.6 Å². The summed E-state index contributed by atoms with van der Waals surface area (Å²) < 4.78 is 1.01. The van der Waals surface area contributed by atoms with Crippen molar-refractivity contribution >= 4 is 27.5 Å². The molecule has 1 aromatic rings. The Balaban J connectivity index is 1.84. The average molecular weight is 376 g/mol. The fourth-order valence-electron chi connectivity index (χ4n) is 2.97. The number of rotatable bonds is 7. The van der Waals surface area contributed by atoms with Crippen molar-refractivity contribution in [2.24, 2.45) is 5.92 Å². The zero-order valence-corrected chi connectivity index (χ0v) is 15.0. The first-order valence-corrected chi connectivity index (χ1v) is 8.65. The third kappa shape index (κ3) is 4.93. The van der Waals surface area contributed by atoms with Gasteiger partial charge in [0, 0.05) is 22.1 Å². The fourth-order valence-corrected chi connectivity index (χ4v) is 3.78. The molecular weight excluding hydrogens is 352 g/mol. The summed E-state index contributed by atoms with van der Waals surface area (Å²) in [5.41, 5.74) is 1.15. The van der Waals surface area contributed by atoms with Gasteiger partial charge in [0.05, 0.1) is 6.10 Å². The summed E-state index contributed by atoms with van der Waals surface area (Å²) in [6.45, 7) is 2.09. The van der Waals surface area contributed by atoms with Gasteiger partial charge in [-0.25, -0.2) is 0 Å². The van der Waals surface area contributed by atoms with E-state index in [2.05, 4.69) is 39.3 Å². The third-order valence-corrected chi connectivity index (χ3v) is 5.09. The molecule has 3 nitrogen and oxygen atoms in total. The van der Waals surface area contributed by atoms with Crippen LogP contribution in [-0.2, 0) is 0 Å².